The van der Waals surface area contributed by atoms with E-state index >= 15 is 0 Å². The Balaban J connectivity index is 1.99. The number of fused-ring (bicyclic) bond motifs is 1. The molecule has 0 fully saturated rings. The predicted molar refractivity (Wildman–Crippen MR) is 77.0 cm³/mol. The molecule has 1 N–H and O–H groups in total. The molecule has 20 heavy (non-hydrogen) atoms. The molecule has 1 amide bonds. The first-order valence-corrected chi connectivity index (χ1v) is 7.26. The van der Waals surface area contributed by atoms with Crippen molar-refractivity contribution in [2.24, 2.45) is 0 Å². The van der Waals surface area contributed by atoms with Crippen LogP contribution in [0.4, 0.5) is 0 Å². The number of benzene rings is 1. The minimum atomic E-state index is -0.536. The van der Waals surface area contributed by atoms with Gasteiger partial charge in [0.15, 0.2) is 0 Å². The van der Waals surface area contributed by atoms with E-state index in [4.69, 9.17) is 4.74 Å². The normalized spacial score (nSPS) is 18.4. The molecular weight excluding hydrogens is 326 g/mol. The standard InChI is InChI=1S/C14H16BrNO4/c1-19-14(18)11(15)8-16-13(17)10-6-7-20-12-5-3-2-4-9(10)12/h2-5,10-11H,6-8H2,1H3,(H,16,17). The van der Waals surface area contributed by atoms with Crippen molar-refractivity contribution >= 4 is 27.8 Å². The minimum absolute atomic E-state index is 0.103. The largest absolute Gasteiger partial charge is 0.493 e. The summed E-state index contributed by atoms with van der Waals surface area (Å²) in [5, 5.41) is 2.77. The molecule has 1 aromatic rings. The van der Waals surface area contributed by atoms with Crippen molar-refractivity contribution in [2.45, 2.75) is 17.2 Å². The highest BCUT2D eigenvalue weighted by Crippen LogP contribution is 2.33. The number of ether oxygens (including phenoxy) is 2. The number of alkyl halides is 1. The van der Waals surface area contributed by atoms with E-state index in [2.05, 4.69) is 26.0 Å². The summed E-state index contributed by atoms with van der Waals surface area (Å²) in [6.07, 6.45) is 0.633. The van der Waals surface area contributed by atoms with Gasteiger partial charge in [0, 0.05) is 12.1 Å². The number of esters is 1. The maximum absolute atomic E-state index is 12.2. The van der Waals surface area contributed by atoms with Crippen LogP contribution in [0, 0.1) is 0 Å². The lowest BCUT2D eigenvalue weighted by Gasteiger charge is -2.25. The van der Waals surface area contributed by atoms with Gasteiger partial charge < -0.3 is 14.8 Å². The lowest BCUT2D eigenvalue weighted by molar-refractivity contribution is -0.139. The summed E-state index contributed by atoms with van der Waals surface area (Å²) in [4.78, 5) is 23.0. The number of halogens is 1. The third-order valence-electron chi connectivity index (χ3n) is 3.19. The van der Waals surface area contributed by atoms with E-state index in [0.29, 0.717) is 13.0 Å². The maximum atomic E-state index is 12.2. The number of carbonyl (C=O) groups excluding carboxylic acids is 2. The molecule has 0 saturated heterocycles. The Hall–Kier alpha value is -1.56. The van der Waals surface area contributed by atoms with Gasteiger partial charge in [0.25, 0.3) is 0 Å². The van der Waals surface area contributed by atoms with E-state index in [0.717, 1.165) is 11.3 Å². The molecule has 5 nitrogen and oxygen atoms in total. The summed E-state index contributed by atoms with van der Waals surface area (Å²) in [6, 6.07) is 7.52. The zero-order valence-electron chi connectivity index (χ0n) is 11.1. The van der Waals surface area contributed by atoms with Crippen LogP contribution < -0.4 is 10.1 Å². The van der Waals surface area contributed by atoms with Gasteiger partial charge in [-0.15, -0.1) is 0 Å². The van der Waals surface area contributed by atoms with Crippen molar-refractivity contribution in [3.63, 3.8) is 0 Å². The second-order valence-corrected chi connectivity index (χ2v) is 5.57. The summed E-state index contributed by atoms with van der Waals surface area (Å²) in [7, 11) is 1.31. The molecule has 0 saturated carbocycles. The fourth-order valence-electron chi connectivity index (χ4n) is 2.14. The smallest absolute Gasteiger partial charge is 0.321 e. The molecule has 2 unspecified atom stereocenters. The van der Waals surface area contributed by atoms with E-state index in [1.807, 2.05) is 24.3 Å². The predicted octanol–water partition coefficient (Wildman–Crippen LogP) is 1.61. The Kier molecular flexibility index (Phi) is 5.00. The molecule has 1 heterocycles. The summed E-state index contributed by atoms with van der Waals surface area (Å²) in [5.41, 5.74) is 0.889. The lowest BCUT2D eigenvalue weighted by Crippen LogP contribution is -2.38. The van der Waals surface area contributed by atoms with Gasteiger partial charge >= 0.3 is 5.97 Å². The number of carbonyl (C=O) groups is 2. The molecule has 0 radical (unpaired) electrons. The molecule has 0 aliphatic carbocycles. The number of methoxy groups -OCH3 is 1. The van der Waals surface area contributed by atoms with Crippen molar-refractivity contribution < 1.29 is 19.1 Å². The van der Waals surface area contributed by atoms with E-state index in [9.17, 15) is 9.59 Å². The first kappa shape index (κ1) is 14.8. The van der Waals surface area contributed by atoms with Crippen molar-refractivity contribution in [1.29, 1.82) is 0 Å². The second-order valence-electron chi connectivity index (χ2n) is 4.46. The van der Waals surface area contributed by atoms with E-state index in [-0.39, 0.29) is 18.4 Å². The van der Waals surface area contributed by atoms with E-state index in [1.54, 1.807) is 0 Å². The first-order valence-electron chi connectivity index (χ1n) is 6.35. The third kappa shape index (κ3) is 3.30. The first-order chi connectivity index (χ1) is 9.63. The van der Waals surface area contributed by atoms with Crippen molar-refractivity contribution in [3.8, 4) is 5.75 Å². The molecule has 0 bridgehead atoms. The Morgan fingerprint density at radius 3 is 3.00 bits per heavy atom. The average molecular weight is 342 g/mol. The SMILES string of the molecule is COC(=O)C(Br)CNC(=O)C1CCOc2ccccc21. The number of amides is 1. The van der Waals surface area contributed by atoms with Crippen LogP contribution in [0.15, 0.2) is 24.3 Å². The highest BCUT2D eigenvalue weighted by Gasteiger charge is 2.28. The summed E-state index contributed by atoms with van der Waals surface area (Å²) in [5.74, 6) is 0.00587. The topological polar surface area (TPSA) is 64.6 Å². The van der Waals surface area contributed by atoms with Crippen LogP contribution >= 0.6 is 15.9 Å². The van der Waals surface area contributed by atoms with Gasteiger partial charge in [-0.05, 0) is 12.5 Å². The Morgan fingerprint density at radius 1 is 1.50 bits per heavy atom. The quantitative estimate of drug-likeness (QED) is 0.667. The van der Waals surface area contributed by atoms with Gasteiger partial charge in [-0.1, -0.05) is 34.1 Å². The molecule has 2 rings (SSSR count). The number of rotatable bonds is 4. The monoisotopic (exact) mass is 341 g/mol. The highest BCUT2D eigenvalue weighted by molar-refractivity contribution is 9.10. The van der Waals surface area contributed by atoms with Crippen LogP contribution in [0.1, 0.15) is 17.9 Å². The van der Waals surface area contributed by atoms with Crippen LogP contribution in [-0.4, -0.2) is 37.0 Å². The van der Waals surface area contributed by atoms with E-state index < -0.39 is 10.8 Å². The van der Waals surface area contributed by atoms with Crippen LogP contribution in [-0.2, 0) is 14.3 Å². The molecule has 0 aromatic heterocycles. The fourth-order valence-corrected chi connectivity index (χ4v) is 2.49. The zero-order valence-corrected chi connectivity index (χ0v) is 12.7. The summed E-state index contributed by atoms with van der Waals surface area (Å²) < 4.78 is 10.1. The van der Waals surface area contributed by atoms with Gasteiger partial charge in [-0.3, -0.25) is 9.59 Å². The van der Waals surface area contributed by atoms with E-state index in [1.165, 1.54) is 7.11 Å². The van der Waals surface area contributed by atoms with Crippen LogP contribution in [0.25, 0.3) is 0 Å². The van der Waals surface area contributed by atoms with Gasteiger partial charge in [-0.2, -0.15) is 0 Å². The summed E-state index contributed by atoms with van der Waals surface area (Å²) in [6.45, 7) is 0.717. The van der Waals surface area contributed by atoms with Gasteiger partial charge in [-0.25, -0.2) is 0 Å². The molecule has 1 aromatic carbocycles. The lowest BCUT2D eigenvalue weighted by atomic mass is 9.92. The number of hydrogen-bond donors (Lipinski definition) is 1. The van der Waals surface area contributed by atoms with Crippen molar-refractivity contribution in [1.82, 2.24) is 5.32 Å². The number of para-hydroxylation sites is 1. The van der Waals surface area contributed by atoms with Crippen LogP contribution in [0.5, 0.6) is 5.75 Å². The molecule has 1 aliphatic heterocycles. The fraction of sp³-hybridized carbons (Fsp3) is 0.429. The Bertz CT molecular complexity index is 506. The van der Waals surface area contributed by atoms with Crippen LogP contribution in [0.3, 0.4) is 0 Å². The third-order valence-corrected chi connectivity index (χ3v) is 3.89. The number of hydrogen-bond acceptors (Lipinski definition) is 4. The Morgan fingerprint density at radius 2 is 2.25 bits per heavy atom. The molecule has 1 aliphatic rings. The number of nitrogens with one attached hydrogen (secondary N) is 1. The van der Waals surface area contributed by atoms with Crippen molar-refractivity contribution in [2.75, 3.05) is 20.3 Å². The van der Waals surface area contributed by atoms with Gasteiger partial charge in [0.2, 0.25) is 5.91 Å². The Labute approximate surface area is 125 Å². The maximum Gasteiger partial charge on any atom is 0.321 e. The minimum Gasteiger partial charge on any atom is -0.493 e. The molecule has 108 valence electrons. The average Bonchev–Trinajstić information content (AvgIpc) is 2.50. The molecule has 2 atom stereocenters. The second kappa shape index (κ2) is 6.74. The highest BCUT2D eigenvalue weighted by atomic mass is 79.9. The molecule has 0 spiro atoms. The van der Waals surface area contributed by atoms with Crippen LogP contribution in [0.2, 0.25) is 0 Å². The molecule has 6 heteroatoms. The van der Waals surface area contributed by atoms with Crippen molar-refractivity contribution in [3.05, 3.63) is 29.8 Å². The van der Waals surface area contributed by atoms with Gasteiger partial charge in [0.1, 0.15) is 10.6 Å². The zero-order chi connectivity index (χ0) is 14.5. The summed E-state index contributed by atoms with van der Waals surface area (Å²) >= 11 is 3.17. The van der Waals surface area contributed by atoms with Gasteiger partial charge in [0.05, 0.1) is 19.6 Å². The molecular formula is C14H16BrNO4.